The van der Waals surface area contributed by atoms with Crippen molar-refractivity contribution in [1.29, 1.82) is 0 Å². The van der Waals surface area contributed by atoms with Crippen LogP contribution in [0.25, 0.3) is 22.3 Å². The maximum atomic E-state index is 12.9. The fourth-order valence-electron chi connectivity index (χ4n) is 5.19. The predicted octanol–water partition coefficient (Wildman–Crippen LogP) is 2.58. The Hall–Kier alpha value is -3.42. The second-order valence-electron chi connectivity index (χ2n) is 8.96. The highest BCUT2D eigenvalue weighted by Gasteiger charge is 2.46. The van der Waals surface area contributed by atoms with Crippen LogP contribution in [0.5, 0.6) is 0 Å². The number of nitrogens with zero attached hydrogens (tertiary/aromatic N) is 6. The van der Waals surface area contributed by atoms with Gasteiger partial charge in [0.25, 0.3) is 0 Å². The van der Waals surface area contributed by atoms with E-state index < -0.39 is 0 Å². The van der Waals surface area contributed by atoms with Gasteiger partial charge in [-0.25, -0.2) is 9.97 Å². The van der Waals surface area contributed by atoms with E-state index in [1.165, 1.54) is 11.3 Å². The topological polar surface area (TPSA) is 84.6 Å². The van der Waals surface area contributed by atoms with Gasteiger partial charge in [0.2, 0.25) is 5.91 Å². The van der Waals surface area contributed by atoms with E-state index in [0.717, 1.165) is 60.6 Å². The van der Waals surface area contributed by atoms with Crippen molar-refractivity contribution in [3.63, 3.8) is 0 Å². The Balaban J connectivity index is 1.26. The molecule has 8 nitrogen and oxygen atoms in total. The number of aromatic amines is 1. The molecule has 4 aromatic rings. The van der Waals surface area contributed by atoms with Gasteiger partial charge in [0.15, 0.2) is 0 Å². The summed E-state index contributed by atoms with van der Waals surface area (Å²) in [6.45, 7) is 4.53. The molecule has 1 fully saturated rings. The Morgan fingerprint density at radius 1 is 1.23 bits per heavy atom. The molecule has 2 aliphatic rings. The van der Waals surface area contributed by atoms with E-state index >= 15 is 0 Å². The van der Waals surface area contributed by atoms with Crippen LogP contribution in [0.2, 0.25) is 0 Å². The number of hydrogen-bond donors (Lipinski definition) is 1. The van der Waals surface area contributed by atoms with Gasteiger partial charge in [0.05, 0.1) is 12.1 Å². The molecule has 1 atom stereocenters. The number of likely N-dealkylation sites (tertiary alicyclic amines) is 1. The van der Waals surface area contributed by atoms with Crippen molar-refractivity contribution in [1.82, 2.24) is 34.2 Å². The van der Waals surface area contributed by atoms with Crippen LogP contribution in [0.3, 0.4) is 0 Å². The lowest BCUT2D eigenvalue weighted by Gasteiger charge is -2.23. The SMILES string of the molecule is Cc1c[nH]c2ncc(-c3cc4n(n3)CCC43CCN(C(=O)Cc4nccn4C)C3)cc12. The van der Waals surface area contributed by atoms with Gasteiger partial charge in [0, 0.05) is 73.5 Å². The maximum absolute atomic E-state index is 12.9. The lowest BCUT2D eigenvalue weighted by molar-refractivity contribution is -0.129. The normalized spacial score (nSPS) is 20.3. The first-order valence-corrected chi connectivity index (χ1v) is 10.8. The number of hydrogen-bond acceptors (Lipinski definition) is 4. The van der Waals surface area contributed by atoms with Crippen molar-refractivity contribution in [2.75, 3.05) is 13.1 Å². The lowest BCUT2D eigenvalue weighted by atomic mass is 9.82. The molecule has 0 aromatic carbocycles. The van der Waals surface area contributed by atoms with E-state index in [9.17, 15) is 4.79 Å². The van der Waals surface area contributed by atoms with Gasteiger partial charge < -0.3 is 14.5 Å². The minimum Gasteiger partial charge on any atom is -0.346 e. The van der Waals surface area contributed by atoms with Crippen LogP contribution < -0.4 is 0 Å². The Labute approximate surface area is 179 Å². The van der Waals surface area contributed by atoms with Gasteiger partial charge in [-0.15, -0.1) is 0 Å². The summed E-state index contributed by atoms with van der Waals surface area (Å²) in [5, 5.41) is 6.02. The highest BCUT2D eigenvalue weighted by Crippen LogP contribution is 2.44. The molecule has 0 aliphatic carbocycles. The van der Waals surface area contributed by atoms with Crippen molar-refractivity contribution in [3.8, 4) is 11.3 Å². The Morgan fingerprint density at radius 3 is 2.94 bits per heavy atom. The van der Waals surface area contributed by atoms with Gasteiger partial charge >= 0.3 is 0 Å². The molecule has 0 radical (unpaired) electrons. The Kier molecular flexibility index (Phi) is 3.87. The summed E-state index contributed by atoms with van der Waals surface area (Å²) >= 11 is 0. The van der Waals surface area contributed by atoms with Gasteiger partial charge in [-0.3, -0.25) is 9.48 Å². The number of rotatable bonds is 3. The first kappa shape index (κ1) is 18.4. The minimum absolute atomic E-state index is 0.00405. The first-order valence-electron chi connectivity index (χ1n) is 10.8. The standard InChI is InChI=1S/C23H25N7O/c1-15-12-25-22-17(15)9-16(13-26-22)18-10-19-23(4-7-30(19)27-18)3-6-29(14-23)21(31)11-20-24-5-8-28(20)2/h5,8-10,12-13H,3-4,6-7,11,14H2,1-2H3,(H,25,26). The molecular weight excluding hydrogens is 390 g/mol. The van der Waals surface area contributed by atoms with E-state index in [2.05, 4.69) is 38.7 Å². The van der Waals surface area contributed by atoms with Crippen molar-refractivity contribution in [3.05, 3.63) is 54.0 Å². The first-order chi connectivity index (χ1) is 15.0. The number of nitrogens with one attached hydrogen (secondary N) is 1. The number of carbonyl (C=O) groups excluding carboxylic acids is 1. The molecule has 6 rings (SSSR count). The Bertz CT molecular complexity index is 1310. The highest BCUT2D eigenvalue weighted by molar-refractivity contribution is 5.84. The van der Waals surface area contributed by atoms with Crippen LogP contribution in [-0.2, 0) is 30.2 Å². The quantitative estimate of drug-likeness (QED) is 0.557. The third-order valence-electron chi connectivity index (χ3n) is 7.10. The van der Waals surface area contributed by atoms with Crippen molar-refractivity contribution in [2.24, 2.45) is 7.05 Å². The van der Waals surface area contributed by atoms with Crippen molar-refractivity contribution >= 4 is 16.9 Å². The van der Waals surface area contributed by atoms with Gasteiger partial charge in [0.1, 0.15) is 11.5 Å². The summed E-state index contributed by atoms with van der Waals surface area (Å²) in [7, 11) is 1.93. The summed E-state index contributed by atoms with van der Waals surface area (Å²) in [6, 6.07) is 4.38. The largest absolute Gasteiger partial charge is 0.346 e. The van der Waals surface area contributed by atoms with E-state index in [4.69, 9.17) is 5.10 Å². The lowest BCUT2D eigenvalue weighted by Crippen LogP contribution is -2.34. The molecule has 4 aromatic heterocycles. The average Bonchev–Trinajstić information content (AvgIpc) is 3.56. The maximum Gasteiger partial charge on any atom is 0.230 e. The number of carbonyl (C=O) groups is 1. The summed E-state index contributed by atoms with van der Waals surface area (Å²) in [6.07, 6.45) is 9.87. The number of H-pyrrole nitrogens is 1. The molecule has 1 N–H and O–H groups in total. The van der Waals surface area contributed by atoms with Crippen molar-refractivity contribution in [2.45, 2.75) is 38.1 Å². The van der Waals surface area contributed by atoms with Crippen LogP contribution in [0, 0.1) is 6.92 Å². The van der Waals surface area contributed by atoms with E-state index in [1.807, 2.05) is 35.1 Å². The van der Waals surface area contributed by atoms with E-state index in [-0.39, 0.29) is 11.3 Å². The van der Waals surface area contributed by atoms with Crippen LogP contribution in [0.4, 0.5) is 0 Å². The molecular formula is C23H25N7O. The summed E-state index contributed by atoms with van der Waals surface area (Å²) in [5.74, 6) is 0.967. The molecule has 0 bridgehead atoms. The average molecular weight is 416 g/mol. The van der Waals surface area contributed by atoms with Crippen LogP contribution in [0.1, 0.15) is 29.9 Å². The molecule has 1 saturated heterocycles. The molecule has 0 saturated carbocycles. The highest BCUT2D eigenvalue weighted by atomic mass is 16.2. The van der Waals surface area contributed by atoms with Crippen LogP contribution >= 0.6 is 0 Å². The molecule has 31 heavy (non-hydrogen) atoms. The summed E-state index contributed by atoms with van der Waals surface area (Å²) < 4.78 is 4.05. The molecule has 1 amide bonds. The zero-order valence-corrected chi connectivity index (χ0v) is 17.8. The third kappa shape index (κ3) is 2.81. The molecule has 1 unspecified atom stereocenters. The number of aromatic nitrogens is 6. The van der Waals surface area contributed by atoms with Gasteiger partial charge in [-0.1, -0.05) is 0 Å². The fourth-order valence-corrected chi connectivity index (χ4v) is 5.19. The number of fused-ring (bicyclic) bond motifs is 3. The van der Waals surface area contributed by atoms with E-state index in [1.54, 1.807) is 6.20 Å². The zero-order valence-electron chi connectivity index (χ0n) is 17.8. The summed E-state index contributed by atoms with van der Waals surface area (Å²) in [4.78, 5) is 27.0. The van der Waals surface area contributed by atoms with Gasteiger partial charge in [-0.05, 0) is 37.5 Å². The molecule has 2 aliphatic heterocycles. The van der Waals surface area contributed by atoms with E-state index in [0.29, 0.717) is 6.42 Å². The van der Waals surface area contributed by atoms with Gasteiger partial charge in [-0.2, -0.15) is 5.10 Å². The summed E-state index contributed by atoms with van der Waals surface area (Å²) in [5.41, 5.74) is 5.34. The monoisotopic (exact) mass is 415 g/mol. The second kappa shape index (κ2) is 6.54. The second-order valence-corrected chi connectivity index (χ2v) is 8.96. The minimum atomic E-state index is 0.00405. The molecule has 6 heterocycles. The number of amides is 1. The number of pyridine rings is 1. The zero-order chi connectivity index (χ0) is 21.2. The fraction of sp³-hybridized carbons (Fsp3) is 0.391. The molecule has 8 heteroatoms. The van der Waals surface area contributed by atoms with Crippen LogP contribution in [-0.4, -0.2) is 53.2 Å². The number of aryl methyl sites for hydroxylation is 3. The molecule has 158 valence electrons. The number of imidazole rings is 1. The predicted molar refractivity (Wildman–Crippen MR) is 116 cm³/mol. The smallest absolute Gasteiger partial charge is 0.230 e. The van der Waals surface area contributed by atoms with Crippen LogP contribution in [0.15, 0.2) is 36.9 Å². The Morgan fingerprint density at radius 2 is 2.10 bits per heavy atom. The van der Waals surface area contributed by atoms with Crippen molar-refractivity contribution < 1.29 is 4.79 Å². The third-order valence-corrected chi connectivity index (χ3v) is 7.10. The molecule has 1 spiro atoms.